The molecule has 0 aliphatic heterocycles. The normalized spacial score (nSPS) is 14.5. The molecule has 2 fully saturated rings. The number of rotatable bonds is 10. The number of aryl methyl sites for hydroxylation is 2. The van der Waals surface area contributed by atoms with Crippen LogP contribution in [0.25, 0.3) is 33.7 Å². The molecule has 49 heavy (non-hydrogen) atoms. The Kier molecular flexibility index (Phi) is 9.30. The maximum atomic E-state index is 12.3. The van der Waals surface area contributed by atoms with Gasteiger partial charge in [-0.3, -0.25) is 14.3 Å². The molecule has 2 saturated carbocycles. The SMILES string of the molecule is CN(C)C=O.Cc1ccc(N/C=C(/N=Cc2c(N)cccc2-c2nc(-c3cc4cn(C)nc4nc3C3CC3)n(C)c2C2CC2)C(N)=O)cc1. The van der Waals surface area contributed by atoms with Gasteiger partial charge in [0.05, 0.1) is 11.4 Å². The van der Waals surface area contributed by atoms with E-state index in [9.17, 15) is 9.59 Å². The molecule has 252 valence electrons. The quantitative estimate of drug-likeness (QED) is 0.0800. The van der Waals surface area contributed by atoms with E-state index in [4.69, 9.17) is 21.4 Å². The van der Waals surface area contributed by atoms with Gasteiger partial charge in [-0.05, 0) is 56.9 Å². The Morgan fingerprint density at radius 3 is 2.35 bits per heavy atom. The molecule has 2 aromatic carbocycles. The predicted octanol–water partition coefficient (Wildman–Crippen LogP) is 5.24. The van der Waals surface area contributed by atoms with Crippen molar-refractivity contribution in [1.29, 1.82) is 0 Å². The third-order valence-corrected chi connectivity index (χ3v) is 8.57. The fourth-order valence-electron chi connectivity index (χ4n) is 5.75. The zero-order chi connectivity index (χ0) is 34.8. The van der Waals surface area contributed by atoms with Gasteiger partial charge in [-0.2, -0.15) is 5.10 Å². The molecule has 0 unspecified atom stereocenters. The van der Waals surface area contributed by atoms with Crippen LogP contribution in [0.1, 0.15) is 60.0 Å². The zero-order valence-corrected chi connectivity index (χ0v) is 28.5. The van der Waals surface area contributed by atoms with E-state index in [1.165, 1.54) is 16.8 Å². The Balaban J connectivity index is 0.000000778. The number of fused-ring (bicyclic) bond motifs is 1. The number of imidazole rings is 1. The molecule has 0 saturated heterocycles. The molecule has 0 atom stereocenters. The van der Waals surface area contributed by atoms with E-state index in [1.54, 1.807) is 25.0 Å². The van der Waals surface area contributed by atoms with Crippen molar-refractivity contribution < 1.29 is 9.59 Å². The van der Waals surface area contributed by atoms with Crippen LogP contribution < -0.4 is 16.8 Å². The van der Waals surface area contributed by atoms with Gasteiger partial charge < -0.3 is 26.3 Å². The van der Waals surface area contributed by atoms with Crippen molar-refractivity contribution in [2.24, 2.45) is 24.8 Å². The highest BCUT2D eigenvalue weighted by Gasteiger charge is 2.35. The first-order valence-corrected chi connectivity index (χ1v) is 16.3. The van der Waals surface area contributed by atoms with Gasteiger partial charge in [-0.25, -0.2) is 15.0 Å². The summed E-state index contributed by atoms with van der Waals surface area (Å²) in [6, 6.07) is 15.8. The predicted molar refractivity (Wildman–Crippen MR) is 194 cm³/mol. The van der Waals surface area contributed by atoms with E-state index in [1.807, 2.05) is 62.6 Å². The first-order valence-electron chi connectivity index (χ1n) is 16.3. The largest absolute Gasteiger partial charge is 0.398 e. The van der Waals surface area contributed by atoms with E-state index in [-0.39, 0.29) is 5.70 Å². The first kappa shape index (κ1) is 33.1. The molecule has 5 N–H and O–H groups in total. The topological polar surface area (TPSA) is 162 Å². The van der Waals surface area contributed by atoms with Gasteiger partial charge in [-0.1, -0.05) is 29.8 Å². The number of pyridine rings is 1. The molecule has 12 nitrogen and oxygen atoms in total. The van der Waals surface area contributed by atoms with Crippen LogP contribution in [0.15, 0.2) is 71.6 Å². The van der Waals surface area contributed by atoms with Crippen molar-refractivity contribution in [2.45, 2.75) is 44.4 Å². The van der Waals surface area contributed by atoms with Crippen molar-refractivity contribution in [1.82, 2.24) is 29.2 Å². The molecule has 2 amide bonds. The maximum Gasteiger partial charge on any atom is 0.268 e. The Morgan fingerprint density at radius 2 is 1.71 bits per heavy atom. The second kappa shape index (κ2) is 13.8. The van der Waals surface area contributed by atoms with Crippen LogP contribution in [0.3, 0.4) is 0 Å². The summed E-state index contributed by atoms with van der Waals surface area (Å²) in [5.41, 5.74) is 21.3. The highest BCUT2D eigenvalue weighted by atomic mass is 16.1. The molecule has 12 heteroatoms. The van der Waals surface area contributed by atoms with E-state index in [2.05, 4.69) is 33.1 Å². The van der Waals surface area contributed by atoms with Crippen LogP contribution in [0.2, 0.25) is 0 Å². The number of amides is 2. The fraction of sp³-hybridized carbons (Fsp3) is 0.297. The lowest BCUT2D eigenvalue weighted by Gasteiger charge is -2.11. The third-order valence-electron chi connectivity index (χ3n) is 8.57. The van der Waals surface area contributed by atoms with E-state index >= 15 is 0 Å². The van der Waals surface area contributed by atoms with Crippen molar-refractivity contribution in [3.05, 3.63) is 89.1 Å². The second-order valence-electron chi connectivity index (χ2n) is 13.0. The van der Waals surface area contributed by atoms with Gasteiger partial charge in [0.1, 0.15) is 11.5 Å². The average Bonchev–Trinajstić information content (AvgIpc) is 4.01. The summed E-state index contributed by atoms with van der Waals surface area (Å²) >= 11 is 0. The summed E-state index contributed by atoms with van der Waals surface area (Å²) in [5, 5.41) is 8.66. The standard InChI is InChI=1S/C34H35N9O.C3H7NO/c1-19-7-13-23(14-8-19)37-17-28(32(36)44)38-16-26-24(5-4-6-27(26)35)30-31(21-11-12-21)43(3)34(40-30)25-15-22-18-42(2)41-33(22)39-29(25)20-9-10-20;1-4(2)3-5/h4-8,13-18,20-21,37H,9-12,35H2,1-3H3,(H2,36,44);3H,1-2H3/b28-17+,38-16?;. The zero-order valence-electron chi connectivity index (χ0n) is 28.5. The smallest absolute Gasteiger partial charge is 0.268 e. The van der Waals surface area contributed by atoms with Crippen molar-refractivity contribution in [3.63, 3.8) is 0 Å². The lowest BCUT2D eigenvalue weighted by molar-refractivity contribution is -0.116. The minimum atomic E-state index is -0.651. The molecule has 0 radical (unpaired) electrons. The number of aromatic nitrogens is 5. The summed E-state index contributed by atoms with van der Waals surface area (Å²) in [4.78, 5) is 38.0. The van der Waals surface area contributed by atoms with Crippen molar-refractivity contribution in [2.75, 3.05) is 25.1 Å². The molecule has 0 spiro atoms. The number of benzene rings is 2. The van der Waals surface area contributed by atoms with Crippen LogP contribution in [-0.4, -0.2) is 61.8 Å². The summed E-state index contributed by atoms with van der Waals surface area (Å²) < 4.78 is 4.03. The van der Waals surface area contributed by atoms with Crippen LogP contribution in [0.4, 0.5) is 11.4 Å². The van der Waals surface area contributed by atoms with Crippen LogP contribution >= 0.6 is 0 Å². The number of aliphatic imine (C=N–C) groups is 1. The molecule has 3 aromatic heterocycles. The molecule has 2 aliphatic carbocycles. The Hall–Kier alpha value is -5.78. The minimum absolute atomic E-state index is 0.0776. The molecule has 5 aromatic rings. The lowest BCUT2D eigenvalue weighted by atomic mass is 10.0. The van der Waals surface area contributed by atoms with E-state index in [0.717, 1.165) is 82.7 Å². The molecule has 7 rings (SSSR count). The summed E-state index contributed by atoms with van der Waals surface area (Å²) in [6.07, 6.45) is 10.3. The van der Waals surface area contributed by atoms with Gasteiger partial charge in [0.15, 0.2) is 5.65 Å². The highest BCUT2D eigenvalue weighted by molar-refractivity contribution is 6.00. The number of nitrogens with zero attached hydrogens (tertiary/aromatic N) is 7. The lowest BCUT2D eigenvalue weighted by Crippen LogP contribution is -2.14. The molecular formula is C37H42N10O2. The Bertz CT molecular complexity index is 2080. The average molecular weight is 659 g/mol. The number of nitrogens with one attached hydrogen (secondary N) is 1. The summed E-state index contributed by atoms with van der Waals surface area (Å²) in [5.74, 6) is 1.05. The Labute approximate surface area is 285 Å². The molecule has 3 heterocycles. The highest BCUT2D eigenvalue weighted by Crippen LogP contribution is 2.48. The number of carbonyl (C=O) groups is 2. The van der Waals surface area contributed by atoms with Crippen molar-refractivity contribution in [3.8, 4) is 22.6 Å². The molecular weight excluding hydrogens is 616 g/mol. The molecule has 2 aliphatic rings. The van der Waals surface area contributed by atoms with Gasteiger partial charge >= 0.3 is 0 Å². The Morgan fingerprint density at radius 1 is 1.02 bits per heavy atom. The molecule has 0 bridgehead atoms. The monoisotopic (exact) mass is 658 g/mol. The second-order valence-corrected chi connectivity index (χ2v) is 13.0. The van der Waals surface area contributed by atoms with E-state index < -0.39 is 5.91 Å². The van der Waals surface area contributed by atoms with Crippen LogP contribution in [-0.2, 0) is 23.7 Å². The van der Waals surface area contributed by atoms with Crippen molar-refractivity contribution >= 4 is 40.9 Å². The minimum Gasteiger partial charge on any atom is -0.398 e. The third kappa shape index (κ3) is 7.38. The van der Waals surface area contributed by atoms with Gasteiger partial charge in [0.25, 0.3) is 5.91 Å². The number of anilines is 2. The first-order chi connectivity index (χ1) is 23.5. The summed E-state index contributed by atoms with van der Waals surface area (Å²) in [6.45, 7) is 2.02. The number of carbonyl (C=O) groups excluding carboxylic acids is 2. The van der Waals surface area contributed by atoms with Crippen LogP contribution in [0, 0.1) is 6.92 Å². The van der Waals surface area contributed by atoms with Crippen LogP contribution in [0.5, 0.6) is 0 Å². The number of primary amides is 1. The van der Waals surface area contributed by atoms with Gasteiger partial charge in [-0.15, -0.1) is 0 Å². The number of nitrogen functional groups attached to an aromatic ring is 1. The van der Waals surface area contributed by atoms with Gasteiger partial charge in [0.2, 0.25) is 6.41 Å². The number of hydrogen-bond acceptors (Lipinski definition) is 8. The number of nitrogens with two attached hydrogens (primary N) is 2. The summed E-state index contributed by atoms with van der Waals surface area (Å²) in [7, 11) is 7.39. The van der Waals surface area contributed by atoms with E-state index in [0.29, 0.717) is 23.1 Å². The van der Waals surface area contributed by atoms with Gasteiger partial charge in [0, 0.05) is 97.8 Å². The number of hydrogen-bond donors (Lipinski definition) is 3. The fourth-order valence-corrected chi connectivity index (χ4v) is 5.75. The maximum absolute atomic E-state index is 12.3.